The van der Waals surface area contributed by atoms with Crippen LogP contribution in [0.3, 0.4) is 0 Å². The van der Waals surface area contributed by atoms with Crippen LogP contribution in [0, 0.1) is 0 Å². The van der Waals surface area contributed by atoms with E-state index >= 15 is 0 Å². The number of pyridine rings is 1. The van der Waals surface area contributed by atoms with Crippen molar-refractivity contribution in [2.75, 3.05) is 0 Å². The van der Waals surface area contributed by atoms with Gasteiger partial charge < -0.3 is 5.11 Å². The molecule has 25 heavy (non-hydrogen) atoms. The summed E-state index contributed by atoms with van der Waals surface area (Å²) in [4.78, 5) is 27.8. The van der Waals surface area contributed by atoms with Crippen molar-refractivity contribution in [2.24, 2.45) is 0 Å². The van der Waals surface area contributed by atoms with Crippen molar-refractivity contribution >= 4 is 11.8 Å². The third-order valence-corrected chi connectivity index (χ3v) is 4.04. The van der Waals surface area contributed by atoms with Crippen LogP contribution in [0.5, 0.6) is 0 Å². The van der Waals surface area contributed by atoms with Crippen LogP contribution < -0.4 is 5.32 Å². The van der Waals surface area contributed by atoms with Crippen molar-refractivity contribution in [2.45, 2.75) is 45.2 Å². The van der Waals surface area contributed by atoms with Crippen LogP contribution in [0.25, 0.3) is 0 Å². The van der Waals surface area contributed by atoms with Gasteiger partial charge in [0.2, 0.25) is 0 Å². The topological polar surface area (TPSA) is 79.3 Å². The molecular weight excluding hydrogens is 316 g/mol. The highest BCUT2D eigenvalue weighted by molar-refractivity contribution is 5.98. The predicted molar refractivity (Wildman–Crippen MR) is 96.6 cm³/mol. The normalized spacial score (nSPS) is 12.6. The first-order valence-corrected chi connectivity index (χ1v) is 8.26. The molecule has 0 fully saturated rings. The Labute approximate surface area is 148 Å². The Kier molecular flexibility index (Phi) is 6.04. The Morgan fingerprint density at radius 3 is 2.36 bits per heavy atom. The zero-order valence-electron chi connectivity index (χ0n) is 14.8. The number of aliphatic carboxylic acids is 1. The smallest absolute Gasteiger partial charge is 0.321 e. The van der Waals surface area contributed by atoms with Gasteiger partial charge in [0.05, 0.1) is 0 Å². The number of carbonyl (C=O) groups is 2. The van der Waals surface area contributed by atoms with Gasteiger partial charge in [-0.25, -0.2) is 0 Å². The Morgan fingerprint density at radius 2 is 1.84 bits per heavy atom. The molecule has 2 rings (SSSR count). The van der Waals surface area contributed by atoms with Gasteiger partial charge in [-0.05, 0) is 22.6 Å². The Balaban J connectivity index is 2.01. The molecule has 1 aromatic heterocycles. The molecule has 0 bridgehead atoms. The van der Waals surface area contributed by atoms with Gasteiger partial charge in [0.15, 0.2) is 5.78 Å². The highest BCUT2D eigenvalue weighted by Crippen LogP contribution is 2.22. The third-order valence-electron chi connectivity index (χ3n) is 4.04. The monoisotopic (exact) mass is 340 g/mol. The Hall–Kier alpha value is -2.53. The van der Waals surface area contributed by atoms with Gasteiger partial charge in [0, 0.05) is 30.9 Å². The number of carboxylic acid groups (broad SMARTS) is 1. The maximum atomic E-state index is 12.4. The number of nitrogens with zero attached hydrogens (tertiary/aromatic N) is 1. The van der Waals surface area contributed by atoms with Gasteiger partial charge >= 0.3 is 5.97 Å². The second kappa shape index (κ2) is 8.03. The minimum atomic E-state index is -1.04. The fourth-order valence-corrected chi connectivity index (χ4v) is 2.45. The summed E-state index contributed by atoms with van der Waals surface area (Å²) in [6, 6.07) is 10.1. The molecule has 0 spiro atoms. The molecule has 0 radical (unpaired) electrons. The summed E-state index contributed by atoms with van der Waals surface area (Å²) in [5, 5.41) is 12.3. The van der Waals surface area contributed by atoms with Crippen LogP contribution in [-0.2, 0) is 16.8 Å². The number of benzene rings is 1. The summed E-state index contributed by atoms with van der Waals surface area (Å²) in [6.07, 6.45) is 3.23. The predicted octanol–water partition coefficient (Wildman–Crippen LogP) is 3.19. The highest BCUT2D eigenvalue weighted by Gasteiger charge is 2.22. The molecule has 1 aromatic carbocycles. The van der Waals surface area contributed by atoms with Gasteiger partial charge in [0.25, 0.3) is 0 Å². The third kappa shape index (κ3) is 5.50. The molecule has 132 valence electrons. The first-order chi connectivity index (χ1) is 11.8. The van der Waals surface area contributed by atoms with E-state index in [1.54, 1.807) is 30.6 Å². The zero-order chi connectivity index (χ0) is 18.4. The average Bonchev–Trinajstić information content (AvgIpc) is 2.58. The number of Topliss-reactive ketones (excluding diaryl/α,β-unsaturated/α-hetero) is 1. The fourth-order valence-electron chi connectivity index (χ4n) is 2.45. The molecule has 0 aliphatic heterocycles. The van der Waals surface area contributed by atoms with E-state index in [9.17, 15) is 14.7 Å². The first kappa shape index (κ1) is 18.8. The van der Waals surface area contributed by atoms with Crippen molar-refractivity contribution in [1.82, 2.24) is 10.3 Å². The maximum absolute atomic E-state index is 12.4. The SMILES string of the molecule is CC(C)(C)c1ccc(C(=O)C[C@@H](NCc2cccnc2)C(=O)O)cc1. The van der Waals surface area contributed by atoms with Crippen LogP contribution in [0.2, 0.25) is 0 Å². The van der Waals surface area contributed by atoms with E-state index in [2.05, 4.69) is 31.1 Å². The van der Waals surface area contributed by atoms with E-state index in [0.717, 1.165) is 11.1 Å². The molecule has 2 N–H and O–H groups in total. The van der Waals surface area contributed by atoms with Gasteiger partial charge in [-0.15, -0.1) is 0 Å². The molecule has 0 unspecified atom stereocenters. The maximum Gasteiger partial charge on any atom is 0.321 e. The summed E-state index contributed by atoms with van der Waals surface area (Å²) in [6.45, 7) is 6.66. The molecule has 1 atom stereocenters. The zero-order valence-corrected chi connectivity index (χ0v) is 14.8. The van der Waals surface area contributed by atoms with Crippen LogP contribution in [0.1, 0.15) is 48.7 Å². The number of carbonyl (C=O) groups excluding carboxylic acids is 1. The van der Waals surface area contributed by atoms with E-state index in [1.165, 1.54) is 0 Å². The van der Waals surface area contributed by atoms with Crippen LogP contribution in [-0.4, -0.2) is 27.9 Å². The lowest BCUT2D eigenvalue weighted by Gasteiger charge is -2.19. The molecule has 0 aliphatic carbocycles. The number of aromatic nitrogens is 1. The molecule has 5 nitrogen and oxygen atoms in total. The van der Waals surface area contributed by atoms with Crippen molar-refractivity contribution in [3.63, 3.8) is 0 Å². The van der Waals surface area contributed by atoms with Crippen molar-refractivity contribution in [3.05, 3.63) is 65.5 Å². The summed E-state index contributed by atoms with van der Waals surface area (Å²) in [7, 11) is 0. The summed E-state index contributed by atoms with van der Waals surface area (Å²) >= 11 is 0. The van der Waals surface area contributed by atoms with Gasteiger partial charge in [0.1, 0.15) is 6.04 Å². The summed E-state index contributed by atoms with van der Waals surface area (Å²) < 4.78 is 0. The van der Waals surface area contributed by atoms with Crippen LogP contribution in [0.15, 0.2) is 48.8 Å². The van der Waals surface area contributed by atoms with E-state index in [0.29, 0.717) is 12.1 Å². The van der Waals surface area contributed by atoms with E-state index in [1.807, 2.05) is 18.2 Å². The second-order valence-corrected chi connectivity index (χ2v) is 7.09. The minimum Gasteiger partial charge on any atom is -0.480 e. The van der Waals surface area contributed by atoms with Gasteiger partial charge in [-0.3, -0.25) is 19.9 Å². The molecule has 1 heterocycles. The molecule has 5 heteroatoms. The highest BCUT2D eigenvalue weighted by atomic mass is 16.4. The van der Waals surface area contributed by atoms with Crippen molar-refractivity contribution in [1.29, 1.82) is 0 Å². The molecule has 0 amide bonds. The molecule has 0 saturated carbocycles. The standard InChI is InChI=1S/C20H24N2O3/c1-20(2,3)16-8-6-15(7-9-16)18(23)11-17(19(24)25)22-13-14-5-4-10-21-12-14/h4-10,12,17,22H,11,13H2,1-3H3,(H,24,25)/t17-/m1/s1. The van der Waals surface area contributed by atoms with Gasteiger partial charge in [-0.2, -0.15) is 0 Å². The summed E-state index contributed by atoms with van der Waals surface area (Å²) in [5.74, 6) is -1.23. The first-order valence-electron chi connectivity index (χ1n) is 8.26. The largest absolute Gasteiger partial charge is 0.480 e. The van der Waals surface area contributed by atoms with Crippen molar-refractivity contribution in [3.8, 4) is 0 Å². The van der Waals surface area contributed by atoms with Gasteiger partial charge in [-0.1, -0.05) is 51.1 Å². The number of hydrogen-bond acceptors (Lipinski definition) is 4. The van der Waals surface area contributed by atoms with E-state index < -0.39 is 12.0 Å². The number of carboxylic acids is 1. The lowest BCUT2D eigenvalue weighted by atomic mass is 9.86. The van der Waals surface area contributed by atoms with Crippen molar-refractivity contribution < 1.29 is 14.7 Å². The molecule has 0 aliphatic rings. The minimum absolute atomic E-state index is 0.0104. The molecule has 2 aromatic rings. The lowest BCUT2D eigenvalue weighted by Crippen LogP contribution is -2.38. The lowest BCUT2D eigenvalue weighted by molar-refractivity contribution is -0.139. The molecular formula is C20H24N2O3. The number of nitrogens with one attached hydrogen (secondary N) is 1. The fraction of sp³-hybridized carbons (Fsp3) is 0.350. The Bertz CT molecular complexity index is 719. The van der Waals surface area contributed by atoms with Crippen LogP contribution >= 0.6 is 0 Å². The number of rotatable bonds is 7. The number of hydrogen-bond donors (Lipinski definition) is 2. The quantitative estimate of drug-likeness (QED) is 0.757. The number of ketones is 1. The molecule has 0 saturated heterocycles. The Morgan fingerprint density at radius 1 is 1.16 bits per heavy atom. The van der Waals surface area contributed by atoms with E-state index in [-0.39, 0.29) is 17.6 Å². The van der Waals surface area contributed by atoms with E-state index in [4.69, 9.17) is 0 Å². The summed E-state index contributed by atoms with van der Waals surface area (Å²) in [5.41, 5.74) is 2.54. The average molecular weight is 340 g/mol. The van der Waals surface area contributed by atoms with Crippen LogP contribution in [0.4, 0.5) is 0 Å². The second-order valence-electron chi connectivity index (χ2n) is 7.09.